The zero-order valence-electron chi connectivity index (χ0n) is 11.6. The quantitative estimate of drug-likeness (QED) is 0.289. The average molecular weight is 287 g/mol. The Morgan fingerprint density at radius 1 is 1.48 bits per heavy atom. The van der Waals surface area contributed by atoms with Crippen molar-refractivity contribution >= 4 is 17.6 Å². The number of amidine groups is 1. The number of hydrogen-bond donors (Lipinski definition) is 4. The molecule has 1 aromatic carbocycles. The molecule has 7 heteroatoms. The zero-order chi connectivity index (χ0) is 15.2. The number of aromatic nitrogens is 2. The minimum atomic E-state index is -0.283. The highest BCUT2D eigenvalue weighted by Gasteiger charge is 2.21. The molecule has 0 aliphatic rings. The minimum absolute atomic E-state index is 0.119. The van der Waals surface area contributed by atoms with Gasteiger partial charge in [-0.2, -0.15) is 5.10 Å². The Balaban J connectivity index is 2.19. The minimum Gasteiger partial charge on any atom is -0.409 e. The molecule has 0 aliphatic carbocycles. The first-order valence-corrected chi connectivity index (χ1v) is 6.54. The summed E-state index contributed by atoms with van der Waals surface area (Å²) in [4.78, 5) is 12.4. The molecule has 1 unspecified atom stereocenters. The van der Waals surface area contributed by atoms with Gasteiger partial charge in [0.1, 0.15) is 5.82 Å². The van der Waals surface area contributed by atoms with E-state index in [-0.39, 0.29) is 17.7 Å². The van der Waals surface area contributed by atoms with Crippen molar-refractivity contribution in [3.63, 3.8) is 0 Å². The van der Waals surface area contributed by atoms with Gasteiger partial charge in [-0.1, -0.05) is 42.4 Å². The third-order valence-electron chi connectivity index (χ3n) is 3.20. The van der Waals surface area contributed by atoms with Gasteiger partial charge in [-0.25, -0.2) is 0 Å². The standard InChI is InChI=1S/C14H17N5O2/c1-2-10(9-6-4-3-5-7-9)14(20)17-13-11(8-16-18-13)12(15)19-21/h3-8,10,21H,2H2,1H3,(H2,15,19)(H2,16,17,18,20). The Hall–Kier alpha value is -2.83. The molecule has 21 heavy (non-hydrogen) atoms. The first kappa shape index (κ1) is 14.6. The van der Waals surface area contributed by atoms with Crippen molar-refractivity contribution in [2.75, 3.05) is 5.32 Å². The summed E-state index contributed by atoms with van der Waals surface area (Å²) in [5.41, 5.74) is 6.80. The van der Waals surface area contributed by atoms with Crippen LogP contribution in [0, 0.1) is 0 Å². The van der Waals surface area contributed by atoms with Gasteiger partial charge in [0.05, 0.1) is 17.7 Å². The third kappa shape index (κ3) is 3.19. The zero-order valence-corrected chi connectivity index (χ0v) is 11.6. The van der Waals surface area contributed by atoms with Crippen LogP contribution in [-0.4, -0.2) is 27.1 Å². The topological polar surface area (TPSA) is 116 Å². The highest BCUT2D eigenvalue weighted by Crippen LogP contribution is 2.22. The second kappa shape index (κ2) is 6.56. The van der Waals surface area contributed by atoms with Gasteiger partial charge in [0.2, 0.25) is 5.91 Å². The number of carbonyl (C=O) groups is 1. The van der Waals surface area contributed by atoms with E-state index in [4.69, 9.17) is 10.9 Å². The molecule has 1 atom stereocenters. The Labute approximate surface area is 121 Å². The van der Waals surface area contributed by atoms with Crippen LogP contribution in [0.1, 0.15) is 30.4 Å². The monoisotopic (exact) mass is 287 g/mol. The number of oxime groups is 1. The molecule has 0 fully saturated rings. The van der Waals surface area contributed by atoms with Gasteiger partial charge in [-0.05, 0) is 12.0 Å². The van der Waals surface area contributed by atoms with Crippen LogP contribution < -0.4 is 11.1 Å². The summed E-state index contributed by atoms with van der Waals surface area (Å²) in [6.45, 7) is 1.94. The van der Waals surface area contributed by atoms with Gasteiger partial charge >= 0.3 is 0 Å². The van der Waals surface area contributed by atoms with E-state index in [1.165, 1.54) is 6.20 Å². The summed E-state index contributed by atoms with van der Waals surface area (Å²) in [6, 6.07) is 9.50. The number of nitrogens with one attached hydrogen (secondary N) is 2. The molecule has 0 radical (unpaired) electrons. The SMILES string of the molecule is CCC(C(=O)Nc1[nH]ncc1C(N)=NO)c1ccccc1. The van der Waals surface area contributed by atoms with Crippen LogP contribution in [0.25, 0.3) is 0 Å². The number of hydrogen-bond acceptors (Lipinski definition) is 4. The largest absolute Gasteiger partial charge is 0.409 e. The van der Waals surface area contributed by atoms with Crippen LogP contribution in [-0.2, 0) is 4.79 Å². The van der Waals surface area contributed by atoms with E-state index in [2.05, 4.69) is 20.7 Å². The maximum atomic E-state index is 12.4. The molecule has 7 nitrogen and oxygen atoms in total. The predicted molar refractivity (Wildman–Crippen MR) is 79.2 cm³/mol. The summed E-state index contributed by atoms with van der Waals surface area (Å²) < 4.78 is 0. The summed E-state index contributed by atoms with van der Waals surface area (Å²) in [5.74, 6) is -0.272. The summed E-state index contributed by atoms with van der Waals surface area (Å²) in [7, 11) is 0. The van der Waals surface area contributed by atoms with Gasteiger partial charge in [0.15, 0.2) is 5.84 Å². The molecular weight excluding hydrogens is 270 g/mol. The van der Waals surface area contributed by atoms with E-state index in [1.54, 1.807) is 0 Å². The second-order valence-corrected chi connectivity index (χ2v) is 4.50. The number of carbonyl (C=O) groups excluding carboxylic acids is 1. The van der Waals surface area contributed by atoms with Crippen molar-refractivity contribution in [2.24, 2.45) is 10.9 Å². The van der Waals surface area contributed by atoms with Crippen molar-refractivity contribution in [1.82, 2.24) is 10.2 Å². The van der Waals surface area contributed by atoms with Crippen LogP contribution in [0.4, 0.5) is 5.82 Å². The lowest BCUT2D eigenvalue weighted by Crippen LogP contribution is -2.23. The molecule has 1 aromatic heterocycles. The third-order valence-corrected chi connectivity index (χ3v) is 3.20. The molecule has 1 heterocycles. The van der Waals surface area contributed by atoms with Crippen molar-refractivity contribution in [3.05, 3.63) is 47.7 Å². The van der Waals surface area contributed by atoms with Crippen molar-refractivity contribution in [1.29, 1.82) is 0 Å². The maximum absolute atomic E-state index is 12.4. The highest BCUT2D eigenvalue weighted by atomic mass is 16.4. The smallest absolute Gasteiger partial charge is 0.233 e. The van der Waals surface area contributed by atoms with Gasteiger partial charge in [0.25, 0.3) is 0 Å². The first-order chi connectivity index (χ1) is 10.2. The molecule has 110 valence electrons. The van der Waals surface area contributed by atoms with E-state index in [1.807, 2.05) is 37.3 Å². The number of nitrogens with zero attached hydrogens (tertiary/aromatic N) is 2. The number of nitrogens with two attached hydrogens (primary N) is 1. The Morgan fingerprint density at radius 3 is 2.81 bits per heavy atom. The molecule has 5 N–H and O–H groups in total. The molecule has 2 aromatic rings. The molecule has 1 amide bonds. The number of aromatic amines is 1. The van der Waals surface area contributed by atoms with Crippen LogP contribution in [0.5, 0.6) is 0 Å². The Morgan fingerprint density at radius 2 is 2.19 bits per heavy atom. The molecule has 0 spiro atoms. The number of rotatable bonds is 5. The lowest BCUT2D eigenvalue weighted by atomic mass is 9.95. The number of H-pyrrole nitrogens is 1. The van der Waals surface area contributed by atoms with Crippen molar-refractivity contribution in [3.8, 4) is 0 Å². The summed E-state index contributed by atoms with van der Waals surface area (Å²) in [5, 5.41) is 20.8. The van der Waals surface area contributed by atoms with E-state index < -0.39 is 0 Å². The van der Waals surface area contributed by atoms with Crippen molar-refractivity contribution in [2.45, 2.75) is 19.3 Å². The van der Waals surface area contributed by atoms with Gasteiger partial charge in [-0.3, -0.25) is 9.89 Å². The summed E-state index contributed by atoms with van der Waals surface area (Å²) in [6.07, 6.45) is 2.04. The van der Waals surface area contributed by atoms with Gasteiger partial charge in [-0.15, -0.1) is 0 Å². The predicted octanol–water partition coefficient (Wildman–Crippen LogP) is 1.64. The number of anilines is 1. The molecule has 0 aliphatic heterocycles. The van der Waals surface area contributed by atoms with Crippen LogP contribution in [0.2, 0.25) is 0 Å². The Bertz CT molecular complexity index is 636. The molecule has 2 rings (SSSR count). The maximum Gasteiger partial charge on any atom is 0.233 e. The van der Waals surface area contributed by atoms with E-state index in [0.29, 0.717) is 17.8 Å². The van der Waals surface area contributed by atoms with Crippen LogP contribution in [0.3, 0.4) is 0 Å². The number of amides is 1. The molecule has 0 saturated heterocycles. The number of benzene rings is 1. The second-order valence-electron chi connectivity index (χ2n) is 4.50. The Kier molecular flexibility index (Phi) is 4.55. The van der Waals surface area contributed by atoms with Crippen LogP contribution in [0.15, 0.2) is 41.7 Å². The van der Waals surface area contributed by atoms with Gasteiger partial charge in [0, 0.05) is 0 Å². The molecule has 0 saturated carbocycles. The molecule has 0 bridgehead atoms. The van der Waals surface area contributed by atoms with Crippen molar-refractivity contribution < 1.29 is 10.0 Å². The fourth-order valence-electron chi connectivity index (χ4n) is 2.10. The highest BCUT2D eigenvalue weighted by molar-refractivity contribution is 6.05. The van der Waals surface area contributed by atoms with E-state index in [9.17, 15) is 4.79 Å². The normalized spacial score (nSPS) is 12.9. The molecular formula is C14H17N5O2. The van der Waals surface area contributed by atoms with E-state index >= 15 is 0 Å². The lowest BCUT2D eigenvalue weighted by molar-refractivity contribution is -0.117. The van der Waals surface area contributed by atoms with Gasteiger partial charge < -0.3 is 16.3 Å². The average Bonchev–Trinajstić information content (AvgIpc) is 2.96. The first-order valence-electron chi connectivity index (χ1n) is 6.54. The fraction of sp³-hybridized carbons (Fsp3) is 0.214. The van der Waals surface area contributed by atoms with E-state index in [0.717, 1.165) is 5.56 Å². The fourth-order valence-corrected chi connectivity index (χ4v) is 2.10. The summed E-state index contributed by atoms with van der Waals surface area (Å²) >= 11 is 0. The van der Waals surface area contributed by atoms with Crippen LogP contribution >= 0.6 is 0 Å². The lowest BCUT2D eigenvalue weighted by Gasteiger charge is -2.15.